The van der Waals surface area contributed by atoms with Crippen molar-refractivity contribution in [1.29, 1.82) is 0 Å². The van der Waals surface area contributed by atoms with Crippen LogP contribution in [0.2, 0.25) is 0 Å². The number of benzene rings is 2. The summed E-state index contributed by atoms with van der Waals surface area (Å²) in [6.07, 6.45) is 2.25. The molecule has 0 saturated carbocycles. The maximum Gasteiger partial charge on any atom is 0.224 e. The predicted octanol–water partition coefficient (Wildman–Crippen LogP) is 3.85. The fraction of sp³-hybridized carbons (Fsp3) is 0.300. The van der Waals surface area contributed by atoms with Crippen LogP contribution in [0.15, 0.2) is 54.6 Å². The number of hydrogen-bond acceptors (Lipinski definition) is 2. The van der Waals surface area contributed by atoms with Crippen LogP contribution in [0.1, 0.15) is 43.9 Å². The molecule has 0 radical (unpaired) electrons. The third kappa shape index (κ3) is 5.54. The van der Waals surface area contributed by atoms with Crippen LogP contribution in [0.4, 0.5) is 5.69 Å². The third-order valence-corrected chi connectivity index (χ3v) is 3.75. The van der Waals surface area contributed by atoms with E-state index < -0.39 is 0 Å². The van der Waals surface area contributed by atoms with E-state index in [1.807, 2.05) is 54.6 Å². The van der Waals surface area contributed by atoms with Gasteiger partial charge < -0.3 is 10.6 Å². The number of carbonyl (C=O) groups excluding carboxylic acids is 2. The zero-order chi connectivity index (χ0) is 17.4. The molecule has 0 bridgehead atoms. The van der Waals surface area contributed by atoms with Gasteiger partial charge in [-0.1, -0.05) is 55.8 Å². The summed E-state index contributed by atoms with van der Waals surface area (Å²) >= 11 is 0. The Labute approximate surface area is 143 Å². The zero-order valence-corrected chi connectivity index (χ0v) is 14.2. The van der Waals surface area contributed by atoms with Crippen molar-refractivity contribution in [2.24, 2.45) is 0 Å². The molecule has 4 nitrogen and oxygen atoms in total. The van der Waals surface area contributed by atoms with Gasteiger partial charge in [-0.05, 0) is 29.7 Å². The minimum absolute atomic E-state index is 0.00424. The van der Waals surface area contributed by atoms with Crippen LogP contribution < -0.4 is 10.6 Å². The van der Waals surface area contributed by atoms with Crippen molar-refractivity contribution in [3.8, 4) is 0 Å². The Kier molecular flexibility index (Phi) is 6.55. The number of rotatable bonds is 7. The zero-order valence-electron chi connectivity index (χ0n) is 14.2. The van der Waals surface area contributed by atoms with Gasteiger partial charge in [-0.25, -0.2) is 0 Å². The van der Waals surface area contributed by atoms with E-state index in [1.165, 1.54) is 6.92 Å². The Hall–Kier alpha value is -2.62. The van der Waals surface area contributed by atoms with E-state index in [0.717, 1.165) is 29.7 Å². The van der Waals surface area contributed by atoms with Crippen LogP contribution >= 0.6 is 0 Å². The molecule has 0 aliphatic heterocycles. The van der Waals surface area contributed by atoms with E-state index in [1.54, 1.807) is 0 Å². The first-order chi connectivity index (χ1) is 11.6. The number of anilines is 1. The van der Waals surface area contributed by atoms with Crippen LogP contribution in [0.25, 0.3) is 0 Å². The molecule has 0 aliphatic carbocycles. The highest BCUT2D eigenvalue weighted by Gasteiger charge is 2.13. The topological polar surface area (TPSA) is 58.2 Å². The molecule has 0 unspecified atom stereocenters. The van der Waals surface area contributed by atoms with Crippen molar-refractivity contribution in [3.05, 3.63) is 65.7 Å². The summed E-state index contributed by atoms with van der Waals surface area (Å²) in [5, 5.41) is 5.84. The molecular formula is C20H24N2O2. The van der Waals surface area contributed by atoms with Gasteiger partial charge in [-0.2, -0.15) is 0 Å². The van der Waals surface area contributed by atoms with Gasteiger partial charge in [0.1, 0.15) is 0 Å². The van der Waals surface area contributed by atoms with E-state index in [4.69, 9.17) is 0 Å². The van der Waals surface area contributed by atoms with Gasteiger partial charge in [-0.3, -0.25) is 9.59 Å². The van der Waals surface area contributed by atoms with E-state index in [2.05, 4.69) is 17.6 Å². The summed E-state index contributed by atoms with van der Waals surface area (Å²) in [6.45, 7) is 3.58. The Morgan fingerprint density at radius 1 is 1.00 bits per heavy atom. The summed E-state index contributed by atoms with van der Waals surface area (Å²) in [4.78, 5) is 23.4. The summed E-state index contributed by atoms with van der Waals surface area (Å²) < 4.78 is 0. The molecule has 2 aromatic carbocycles. The van der Waals surface area contributed by atoms with Crippen LogP contribution in [0, 0.1) is 0 Å². The Morgan fingerprint density at radius 3 is 2.25 bits per heavy atom. The molecule has 0 fully saturated rings. The molecule has 126 valence electrons. The van der Waals surface area contributed by atoms with Gasteiger partial charge in [0, 0.05) is 12.6 Å². The quantitative estimate of drug-likeness (QED) is 0.813. The fourth-order valence-corrected chi connectivity index (χ4v) is 2.64. The molecule has 2 rings (SSSR count). The molecule has 0 saturated heterocycles. The number of carbonyl (C=O) groups is 2. The SMILES string of the molecule is CCC[C@@H](NC(=O)Cc1ccc(NC(C)=O)cc1)c1ccccc1. The summed E-state index contributed by atoms with van der Waals surface area (Å²) in [7, 11) is 0. The van der Waals surface area contributed by atoms with E-state index in [0.29, 0.717) is 6.42 Å². The molecule has 2 N–H and O–H groups in total. The number of nitrogens with one attached hydrogen (secondary N) is 2. The van der Waals surface area contributed by atoms with E-state index >= 15 is 0 Å². The van der Waals surface area contributed by atoms with E-state index in [-0.39, 0.29) is 17.9 Å². The molecule has 24 heavy (non-hydrogen) atoms. The molecule has 2 amide bonds. The second-order valence-corrected chi connectivity index (χ2v) is 5.87. The first kappa shape index (κ1) is 17.7. The molecule has 0 spiro atoms. The lowest BCUT2D eigenvalue weighted by molar-refractivity contribution is -0.121. The molecule has 0 aromatic heterocycles. The normalized spacial score (nSPS) is 11.6. The van der Waals surface area contributed by atoms with Crippen molar-refractivity contribution in [2.75, 3.05) is 5.32 Å². The monoisotopic (exact) mass is 324 g/mol. The predicted molar refractivity (Wildman–Crippen MR) is 96.7 cm³/mol. The van der Waals surface area contributed by atoms with Crippen LogP contribution in [-0.2, 0) is 16.0 Å². The van der Waals surface area contributed by atoms with Gasteiger partial charge in [-0.15, -0.1) is 0 Å². The standard InChI is InChI=1S/C20H24N2O2/c1-3-7-19(17-8-5-4-6-9-17)22-20(24)14-16-10-12-18(13-11-16)21-15(2)23/h4-6,8-13,19H,3,7,14H2,1-2H3,(H,21,23)(H,22,24)/t19-/m1/s1. The van der Waals surface area contributed by atoms with Crippen LogP contribution in [-0.4, -0.2) is 11.8 Å². The largest absolute Gasteiger partial charge is 0.349 e. The maximum atomic E-state index is 12.4. The summed E-state index contributed by atoms with van der Waals surface area (Å²) in [5.74, 6) is -0.102. The molecule has 0 aliphatic rings. The maximum absolute atomic E-state index is 12.4. The molecular weight excluding hydrogens is 300 g/mol. The van der Waals surface area contributed by atoms with Crippen LogP contribution in [0.5, 0.6) is 0 Å². The third-order valence-electron chi connectivity index (χ3n) is 3.75. The molecule has 1 atom stereocenters. The van der Waals surface area contributed by atoms with Gasteiger partial charge >= 0.3 is 0 Å². The molecule has 0 heterocycles. The van der Waals surface area contributed by atoms with Crippen molar-refractivity contribution < 1.29 is 9.59 Å². The first-order valence-corrected chi connectivity index (χ1v) is 8.29. The van der Waals surface area contributed by atoms with Gasteiger partial charge in [0.15, 0.2) is 0 Å². The Bertz CT molecular complexity index is 666. The van der Waals surface area contributed by atoms with Crippen molar-refractivity contribution in [2.45, 2.75) is 39.2 Å². The Morgan fingerprint density at radius 2 is 1.67 bits per heavy atom. The summed E-state index contributed by atoms with van der Waals surface area (Å²) in [6, 6.07) is 17.4. The smallest absolute Gasteiger partial charge is 0.224 e. The van der Waals surface area contributed by atoms with Crippen LogP contribution in [0.3, 0.4) is 0 Å². The highest BCUT2D eigenvalue weighted by Crippen LogP contribution is 2.18. The lowest BCUT2D eigenvalue weighted by atomic mass is 10.0. The number of amides is 2. The highest BCUT2D eigenvalue weighted by molar-refractivity contribution is 5.88. The number of hydrogen-bond donors (Lipinski definition) is 2. The van der Waals surface area contributed by atoms with E-state index in [9.17, 15) is 9.59 Å². The second kappa shape index (κ2) is 8.87. The average Bonchev–Trinajstić information content (AvgIpc) is 2.56. The van der Waals surface area contributed by atoms with Crippen molar-refractivity contribution >= 4 is 17.5 Å². The van der Waals surface area contributed by atoms with Gasteiger partial charge in [0.05, 0.1) is 12.5 Å². The average molecular weight is 324 g/mol. The van der Waals surface area contributed by atoms with Gasteiger partial charge in [0.2, 0.25) is 11.8 Å². The molecule has 4 heteroatoms. The highest BCUT2D eigenvalue weighted by atomic mass is 16.2. The lowest BCUT2D eigenvalue weighted by Gasteiger charge is -2.18. The second-order valence-electron chi connectivity index (χ2n) is 5.87. The fourth-order valence-electron chi connectivity index (χ4n) is 2.64. The minimum Gasteiger partial charge on any atom is -0.349 e. The first-order valence-electron chi connectivity index (χ1n) is 8.29. The van der Waals surface area contributed by atoms with Crippen molar-refractivity contribution in [1.82, 2.24) is 5.32 Å². The Balaban J connectivity index is 1.96. The lowest BCUT2D eigenvalue weighted by Crippen LogP contribution is -2.29. The summed E-state index contributed by atoms with van der Waals surface area (Å²) in [5.41, 5.74) is 2.79. The van der Waals surface area contributed by atoms with Gasteiger partial charge in [0.25, 0.3) is 0 Å². The molecule has 2 aromatic rings. The van der Waals surface area contributed by atoms with Crippen molar-refractivity contribution in [3.63, 3.8) is 0 Å². The minimum atomic E-state index is -0.106.